The molecular weight excluding hydrogens is 248 g/mol. The summed E-state index contributed by atoms with van der Waals surface area (Å²) in [5.74, 6) is 0.371. The Morgan fingerprint density at radius 3 is 2.89 bits per heavy atom. The first-order valence-electron chi connectivity index (χ1n) is 5.60. The number of hydrogen-bond donors (Lipinski definition) is 1. The molecule has 0 spiro atoms. The highest BCUT2D eigenvalue weighted by atomic mass is 35.5. The molecule has 1 aromatic heterocycles. The fourth-order valence-electron chi connectivity index (χ4n) is 1.67. The molecule has 3 nitrogen and oxygen atoms in total. The number of nitrogens with zero attached hydrogens (tertiary/aromatic N) is 1. The molecule has 4 heteroatoms. The molecule has 0 radical (unpaired) electrons. The van der Waals surface area contributed by atoms with Crippen LogP contribution < -0.4 is 5.32 Å². The van der Waals surface area contributed by atoms with Gasteiger partial charge in [-0.05, 0) is 24.6 Å². The zero-order valence-corrected chi connectivity index (χ0v) is 10.7. The molecule has 0 bridgehead atoms. The first kappa shape index (κ1) is 12.6. The lowest BCUT2D eigenvalue weighted by molar-refractivity contribution is -0.115. The van der Waals surface area contributed by atoms with Gasteiger partial charge >= 0.3 is 0 Å². The number of aromatic nitrogens is 1. The van der Waals surface area contributed by atoms with Crippen LogP contribution in [0.25, 0.3) is 0 Å². The van der Waals surface area contributed by atoms with Crippen molar-refractivity contribution >= 4 is 23.3 Å². The Morgan fingerprint density at radius 1 is 1.33 bits per heavy atom. The first-order chi connectivity index (χ1) is 8.63. The summed E-state index contributed by atoms with van der Waals surface area (Å²) < 4.78 is 0. The summed E-state index contributed by atoms with van der Waals surface area (Å²) in [7, 11) is 0. The molecule has 1 aromatic carbocycles. The topological polar surface area (TPSA) is 42.0 Å². The number of pyridine rings is 1. The lowest BCUT2D eigenvalue weighted by Crippen LogP contribution is -2.15. The van der Waals surface area contributed by atoms with Gasteiger partial charge in [0.1, 0.15) is 5.82 Å². The van der Waals surface area contributed by atoms with Gasteiger partial charge in [0.15, 0.2) is 0 Å². The molecule has 0 saturated heterocycles. The third kappa shape index (κ3) is 3.57. The van der Waals surface area contributed by atoms with Crippen molar-refractivity contribution in [3.63, 3.8) is 0 Å². The largest absolute Gasteiger partial charge is 0.310 e. The van der Waals surface area contributed by atoms with Crippen LogP contribution in [0.15, 0.2) is 42.6 Å². The molecule has 0 aliphatic heterocycles. The van der Waals surface area contributed by atoms with Crippen molar-refractivity contribution < 1.29 is 4.79 Å². The Morgan fingerprint density at radius 2 is 2.17 bits per heavy atom. The van der Waals surface area contributed by atoms with Gasteiger partial charge in [0.25, 0.3) is 0 Å². The predicted octanol–water partition coefficient (Wildman–Crippen LogP) is 3.22. The molecule has 0 aliphatic carbocycles. The van der Waals surface area contributed by atoms with Gasteiger partial charge in [0.2, 0.25) is 5.91 Å². The van der Waals surface area contributed by atoms with Crippen molar-refractivity contribution in [2.45, 2.75) is 13.3 Å². The number of carbonyl (C=O) groups excluding carboxylic acids is 1. The molecule has 0 fully saturated rings. The van der Waals surface area contributed by atoms with Crippen LogP contribution in [0, 0.1) is 6.92 Å². The second-order valence-electron chi connectivity index (χ2n) is 4.07. The monoisotopic (exact) mass is 260 g/mol. The van der Waals surface area contributed by atoms with E-state index in [4.69, 9.17) is 11.6 Å². The summed E-state index contributed by atoms with van der Waals surface area (Å²) >= 11 is 5.82. The molecule has 1 amide bonds. The zero-order chi connectivity index (χ0) is 13.0. The smallest absolute Gasteiger partial charge is 0.229 e. The molecule has 0 unspecified atom stereocenters. The number of nitrogens with one attached hydrogen (secondary N) is 1. The Labute approximate surface area is 111 Å². The predicted molar refractivity (Wildman–Crippen MR) is 72.8 cm³/mol. The summed E-state index contributed by atoms with van der Waals surface area (Å²) in [5.41, 5.74) is 2.12. The highest BCUT2D eigenvalue weighted by Gasteiger charge is 2.05. The van der Waals surface area contributed by atoms with E-state index in [9.17, 15) is 4.79 Å². The Kier molecular flexibility index (Phi) is 3.95. The minimum atomic E-state index is -0.102. The fourth-order valence-corrected chi connectivity index (χ4v) is 1.83. The molecule has 0 saturated carbocycles. The molecule has 92 valence electrons. The van der Waals surface area contributed by atoms with Gasteiger partial charge in [0, 0.05) is 11.2 Å². The maximum atomic E-state index is 11.8. The SMILES string of the molecule is Cc1cccc(CC(=O)Nc2cc(Cl)ccn2)c1. The Bertz CT molecular complexity index is 520. The van der Waals surface area contributed by atoms with Gasteiger partial charge in [-0.25, -0.2) is 4.98 Å². The second-order valence-corrected chi connectivity index (χ2v) is 4.51. The van der Waals surface area contributed by atoms with Gasteiger partial charge in [-0.3, -0.25) is 4.79 Å². The maximum Gasteiger partial charge on any atom is 0.229 e. The fraction of sp³-hybridized carbons (Fsp3) is 0.143. The first-order valence-corrected chi connectivity index (χ1v) is 5.98. The van der Waals surface area contributed by atoms with Gasteiger partial charge in [-0.15, -0.1) is 0 Å². The van der Waals surface area contributed by atoms with Crippen molar-refractivity contribution in [2.24, 2.45) is 0 Å². The lowest BCUT2D eigenvalue weighted by atomic mass is 10.1. The summed E-state index contributed by atoms with van der Waals surface area (Å²) in [4.78, 5) is 15.8. The van der Waals surface area contributed by atoms with Crippen molar-refractivity contribution in [3.05, 3.63) is 58.7 Å². The summed E-state index contributed by atoms with van der Waals surface area (Å²) in [5, 5.41) is 3.27. The van der Waals surface area contributed by atoms with Crippen LogP contribution in [0.1, 0.15) is 11.1 Å². The molecule has 1 N–H and O–H groups in total. The highest BCUT2D eigenvalue weighted by molar-refractivity contribution is 6.30. The number of benzene rings is 1. The molecule has 18 heavy (non-hydrogen) atoms. The molecular formula is C14H13ClN2O. The van der Waals surface area contributed by atoms with Gasteiger partial charge in [0.05, 0.1) is 6.42 Å². The van der Waals surface area contributed by atoms with E-state index in [2.05, 4.69) is 10.3 Å². The van der Waals surface area contributed by atoms with E-state index in [1.807, 2.05) is 31.2 Å². The van der Waals surface area contributed by atoms with Gasteiger partial charge in [-0.2, -0.15) is 0 Å². The van der Waals surface area contributed by atoms with Gasteiger partial charge < -0.3 is 5.32 Å². The average molecular weight is 261 g/mol. The van der Waals surface area contributed by atoms with Crippen molar-refractivity contribution in [1.29, 1.82) is 0 Å². The van der Waals surface area contributed by atoms with Gasteiger partial charge in [-0.1, -0.05) is 41.4 Å². The van der Waals surface area contributed by atoms with E-state index in [1.165, 1.54) is 0 Å². The average Bonchev–Trinajstić information content (AvgIpc) is 2.28. The third-order valence-electron chi connectivity index (χ3n) is 2.44. The van der Waals surface area contributed by atoms with Crippen molar-refractivity contribution in [2.75, 3.05) is 5.32 Å². The normalized spacial score (nSPS) is 10.1. The maximum absolute atomic E-state index is 11.8. The number of rotatable bonds is 3. The van der Waals surface area contributed by atoms with Crippen LogP contribution in [-0.4, -0.2) is 10.9 Å². The van der Waals surface area contributed by atoms with Crippen molar-refractivity contribution in [1.82, 2.24) is 4.98 Å². The minimum absolute atomic E-state index is 0.102. The van der Waals surface area contributed by atoms with E-state index >= 15 is 0 Å². The summed E-state index contributed by atoms with van der Waals surface area (Å²) in [6, 6.07) is 11.1. The quantitative estimate of drug-likeness (QED) is 0.921. The number of halogens is 1. The Hall–Kier alpha value is -1.87. The van der Waals surface area contributed by atoms with E-state index in [0.717, 1.165) is 11.1 Å². The lowest BCUT2D eigenvalue weighted by Gasteiger charge is -2.05. The van der Waals surface area contributed by atoms with Crippen molar-refractivity contribution in [3.8, 4) is 0 Å². The summed E-state index contributed by atoms with van der Waals surface area (Å²) in [6.45, 7) is 2.00. The van der Waals surface area contributed by atoms with Crippen LogP contribution >= 0.6 is 11.6 Å². The van der Waals surface area contributed by atoms with E-state index in [0.29, 0.717) is 17.3 Å². The minimum Gasteiger partial charge on any atom is -0.310 e. The summed E-state index contributed by atoms with van der Waals surface area (Å²) in [6.07, 6.45) is 1.89. The Balaban J connectivity index is 2.01. The van der Waals surface area contributed by atoms with E-state index in [1.54, 1.807) is 18.3 Å². The van der Waals surface area contributed by atoms with Crippen LogP contribution in [-0.2, 0) is 11.2 Å². The highest BCUT2D eigenvalue weighted by Crippen LogP contribution is 2.12. The number of aryl methyl sites for hydroxylation is 1. The molecule has 1 heterocycles. The number of anilines is 1. The van der Waals surface area contributed by atoms with Crippen LogP contribution in [0.2, 0.25) is 5.02 Å². The molecule has 2 aromatic rings. The molecule has 0 atom stereocenters. The third-order valence-corrected chi connectivity index (χ3v) is 2.67. The van der Waals surface area contributed by atoms with Crippen LogP contribution in [0.4, 0.5) is 5.82 Å². The number of hydrogen-bond acceptors (Lipinski definition) is 2. The number of carbonyl (C=O) groups is 1. The molecule has 0 aliphatic rings. The second kappa shape index (κ2) is 5.65. The van der Waals surface area contributed by atoms with E-state index in [-0.39, 0.29) is 5.91 Å². The molecule has 2 rings (SSSR count). The standard InChI is InChI=1S/C14H13ClN2O/c1-10-3-2-4-11(7-10)8-14(18)17-13-9-12(15)5-6-16-13/h2-7,9H,8H2,1H3,(H,16,17,18). The van der Waals surface area contributed by atoms with Crippen LogP contribution in [0.3, 0.4) is 0 Å². The number of amides is 1. The van der Waals surface area contributed by atoms with Crippen LogP contribution in [0.5, 0.6) is 0 Å². The van der Waals surface area contributed by atoms with E-state index < -0.39 is 0 Å². The zero-order valence-electron chi connectivity index (χ0n) is 9.98.